The summed E-state index contributed by atoms with van der Waals surface area (Å²) in [7, 11) is 0. The maximum Gasteiger partial charge on any atom is 0.277 e. The Bertz CT molecular complexity index is 966. The van der Waals surface area contributed by atoms with Gasteiger partial charge in [0.1, 0.15) is 0 Å². The van der Waals surface area contributed by atoms with Crippen LogP contribution in [0.3, 0.4) is 0 Å². The van der Waals surface area contributed by atoms with Gasteiger partial charge in [-0.3, -0.25) is 35.1 Å². The van der Waals surface area contributed by atoms with Gasteiger partial charge in [-0.1, -0.05) is 30.3 Å². The second-order valence-electron chi connectivity index (χ2n) is 6.14. The standard InChI is InChI=1S/C18H17N5O6S/c19-16(24)6-7-21(11-12-4-2-1-3-5-12)18(30)20-17(25)13-8-14(22(26)27)10-15(9-13)23(28)29/h1-5,8-10H,6-7,11H2,(H2,19,24)(H,20,25,30). The molecular formula is C18H17N5O6S. The third-order valence-electron chi connectivity index (χ3n) is 3.94. The minimum Gasteiger partial charge on any atom is -0.370 e. The molecule has 0 aliphatic heterocycles. The van der Waals surface area contributed by atoms with Gasteiger partial charge >= 0.3 is 0 Å². The molecule has 0 atom stereocenters. The number of thiocarbonyl (C=S) groups is 1. The number of nitrogens with two attached hydrogens (primary N) is 1. The third-order valence-corrected chi connectivity index (χ3v) is 4.30. The van der Waals surface area contributed by atoms with Crippen LogP contribution in [0.25, 0.3) is 0 Å². The molecule has 0 spiro atoms. The van der Waals surface area contributed by atoms with Crippen LogP contribution in [0.15, 0.2) is 48.5 Å². The summed E-state index contributed by atoms with van der Waals surface area (Å²) in [5, 5.41) is 24.4. The Hall–Kier alpha value is -3.93. The minimum atomic E-state index is -0.857. The smallest absolute Gasteiger partial charge is 0.277 e. The fourth-order valence-corrected chi connectivity index (χ4v) is 2.74. The predicted molar refractivity (Wildman–Crippen MR) is 110 cm³/mol. The zero-order valence-electron chi connectivity index (χ0n) is 15.5. The number of hydrogen-bond acceptors (Lipinski definition) is 7. The van der Waals surface area contributed by atoms with E-state index in [0.717, 1.165) is 23.8 Å². The van der Waals surface area contributed by atoms with E-state index in [1.54, 1.807) is 0 Å². The summed E-state index contributed by atoms with van der Waals surface area (Å²) in [6, 6.07) is 11.7. The first kappa shape index (κ1) is 22.4. The Kier molecular flexibility index (Phi) is 7.47. The molecule has 0 radical (unpaired) electrons. The molecule has 0 heterocycles. The van der Waals surface area contributed by atoms with E-state index in [9.17, 15) is 29.8 Å². The summed E-state index contributed by atoms with van der Waals surface area (Å²) in [6.45, 7) is 0.390. The zero-order chi connectivity index (χ0) is 22.3. The highest BCUT2D eigenvalue weighted by Crippen LogP contribution is 2.22. The summed E-state index contributed by atoms with van der Waals surface area (Å²) < 4.78 is 0. The van der Waals surface area contributed by atoms with Crippen LogP contribution in [0.5, 0.6) is 0 Å². The average Bonchev–Trinajstić information content (AvgIpc) is 2.71. The molecule has 30 heavy (non-hydrogen) atoms. The number of nitro groups is 2. The van der Waals surface area contributed by atoms with Gasteiger partial charge in [-0.25, -0.2) is 0 Å². The molecule has 0 aromatic heterocycles. The van der Waals surface area contributed by atoms with Gasteiger partial charge in [-0.05, 0) is 17.8 Å². The summed E-state index contributed by atoms with van der Waals surface area (Å²) in [4.78, 5) is 45.6. The maximum absolute atomic E-state index is 12.5. The Morgan fingerprint density at radius 3 is 2.10 bits per heavy atom. The Balaban J connectivity index is 2.23. The number of carbonyl (C=O) groups excluding carboxylic acids is 2. The van der Waals surface area contributed by atoms with E-state index in [1.165, 1.54) is 4.90 Å². The van der Waals surface area contributed by atoms with Gasteiger partial charge in [0.25, 0.3) is 17.3 Å². The highest BCUT2D eigenvalue weighted by atomic mass is 32.1. The number of nitrogens with one attached hydrogen (secondary N) is 1. The molecule has 3 N–H and O–H groups in total. The van der Waals surface area contributed by atoms with Crippen LogP contribution >= 0.6 is 12.2 Å². The van der Waals surface area contributed by atoms with E-state index >= 15 is 0 Å². The van der Waals surface area contributed by atoms with Crippen LogP contribution < -0.4 is 11.1 Å². The lowest BCUT2D eigenvalue weighted by Gasteiger charge is -2.25. The molecule has 2 rings (SSSR count). The van der Waals surface area contributed by atoms with Crippen molar-refractivity contribution in [2.75, 3.05) is 6.54 Å². The zero-order valence-corrected chi connectivity index (χ0v) is 16.3. The summed E-state index contributed by atoms with van der Waals surface area (Å²) >= 11 is 5.25. The van der Waals surface area contributed by atoms with Crippen molar-refractivity contribution in [1.29, 1.82) is 0 Å². The fourth-order valence-electron chi connectivity index (χ4n) is 2.49. The SMILES string of the molecule is NC(=O)CCN(Cc1ccccc1)C(=S)NC(=O)c1cc([N+](=O)[O-])cc([N+](=O)[O-])c1. The van der Waals surface area contributed by atoms with Crippen LogP contribution in [0, 0.1) is 20.2 Å². The summed E-state index contributed by atoms with van der Waals surface area (Å²) in [5.41, 5.74) is 4.54. The maximum atomic E-state index is 12.5. The molecule has 0 fully saturated rings. The molecule has 0 aliphatic rings. The van der Waals surface area contributed by atoms with Gasteiger partial charge < -0.3 is 10.6 Å². The van der Waals surface area contributed by atoms with Gasteiger partial charge in [-0.2, -0.15) is 0 Å². The number of non-ortho nitro benzene ring substituents is 2. The molecule has 156 valence electrons. The molecule has 12 heteroatoms. The minimum absolute atomic E-state index is 0.0227. The second kappa shape index (κ2) is 10.0. The van der Waals surface area contributed by atoms with Crippen molar-refractivity contribution in [1.82, 2.24) is 10.2 Å². The molecule has 0 unspecified atom stereocenters. The van der Waals surface area contributed by atoms with Crippen LogP contribution in [0.2, 0.25) is 0 Å². The number of carbonyl (C=O) groups is 2. The summed E-state index contributed by atoms with van der Waals surface area (Å²) in [5.74, 6) is -1.42. The fraction of sp³-hybridized carbons (Fsp3) is 0.167. The van der Waals surface area contributed by atoms with E-state index in [2.05, 4.69) is 5.32 Å². The number of rotatable bonds is 8. The molecule has 0 saturated heterocycles. The lowest BCUT2D eigenvalue weighted by atomic mass is 10.1. The number of benzene rings is 2. The van der Waals surface area contributed by atoms with E-state index < -0.39 is 33.0 Å². The van der Waals surface area contributed by atoms with Crippen molar-refractivity contribution >= 4 is 40.5 Å². The van der Waals surface area contributed by atoms with E-state index in [0.29, 0.717) is 0 Å². The third kappa shape index (κ3) is 6.31. The van der Waals surface area contributed by atoms with E-state index in [-0.39, 0.29) is 30.2 Å². The molecule has 0 bridgehead atoms. The highest BCUT2D eigenvalue weighted by Gasteiger charge is 2.22. The van der Waals surface area contributed by atoms with E-state index in [4.69, 9.17) is 18.0 Å². The van der Waals surface area contributed by atoms with Crippen molar-refractivity contribution in [2.24, 2.45) is 5.73 Å². The Morgan fingerprint density at radius 1 is 1.03 bits per heavy atom. The molecule has 2 aromatic carbocycles. The Morgan fingerprint density at radius 2 is 1.60 bits per heavy atom. The van der Waals surface area contributed by atoms with E-state index in [1.807, 2.05) is 30.3 Å². The second-order valence-corrected chi connectivity index (χ2v) is 6.52. The van der Waals surface area contributed by atoms with Crippen LogP contribution in [-0.2, 0) is 11.3 Å². The number of amides is 2. The van der Waals surface area contributed by atoms with Gasteiger partial charge in [-0.15, -0.1) is 0 Å². The molecule has 11 nitrogen and oxygen atoms in total. The van der Waals surface area contributed by atoms with Crippen molar-refractivity contribution in [3.63, 3.8) is 0 Å². The van der Waals surface area contributed by atoms with Gasteiger partial charge in [0.15, 0.2) is 5.11 Å². The van der Waals surface area contributed by atoms with Crippen LogP contribution in [0.4, 0.5) is 11.4 Å². The van der Waals surface area contributed by atoms with Gasteiger partial charge in [0, 0.05) is 31.6 Å². The molecule has 2 aromatic rings. The number of nitro benzene ring substituents is 2. The molecule has 0 aliphatic carbocycles. The molecule has 0 saturated carbocycles. The molecular weight excluding hydrogens is 414 g/mol. The van der Waals surface area contributed by atoms with Crippen molar-refractivity contribution in [3.8, 4) is 0 Å². The van der Waals surface area contributed by atoms with Crippen molar-refractivity contribution in [2.45, 2.75) is 13.0 Å². The number of primary amides is 1. The van der Waals surface area contributed by atoms with Gasteiger partial charge in [0.05, 0.1) is 21.5 Å². The summed E-state index contributed by atoms with van der Waals surface area (Å²) in [6.07, 6.45) is -0.0227. The largest absolute Gasteiger partial charge is 0.370 e. The average molecular weight is 431 g/mol. The van der Waals surface area contributed by atoms with Crippen molar-refractivity contribution in [3.05, 3.63) is 79.9 Å². The van der Waals surface area contributed by atoms with Crippen LogP contribution in [0.1, 0.15) is 22.3 Å². The number of nitrogens with zero attached hydrogens (tertiary/aromatic N) is 3. The first-order valence-electron chi connectivity index (χ1n) is 8.53. The quantitative estimate of drug-likeness (QED) is 0.364. The number of hydrogen-bond donors (Lipinski definition) is 2. The predicted octanol–water partition coefficient (Wildman–Crippen LogP) is 1.90. The normalized spacial score (nSPS) is 10.1. The first-order valence-corrected chi connectivity index (χ1v) is 8.94. The lowest BCUT2D eigenvalue weighted by Crippen LogP contribution is -2.43. The lowest BCUT2D eigenvalue weighted by molar-refractivity contribution is -0.394. The van der Waals surface area contributed by atoms with Crippen molar-refractivity contribution < 1.29 is 19.4 Å². The topological polar surface area (TPSA) is 162 Å². The first-order chi connectivity index (χ1) is 14.2. The Labute approximate surface area is 175 Å². The van der Waals surface area contributed by atoms with Gasteiger partial charge in [0.2, 0.25) is 5.91 Å². The molecule has 2 amide bonds. The highest BCUT2D eigenvalue weighted by molar-refractivity contribution is 7.80. The monoisotopic (exact) mass is 431 g/mol. The van der Waals surface area contributed by atoms with Crippen LogP contribution in [-0.4, -0.2) is 38.2 Å².